The van der Waals surface area contributed by atoms with Gasteiger partial charge in [0.05, 0.1) is 12.1 Å². The number of carbonyl (C=O) groups excluding carboxylic acids is 1. The van der Waals surface area contributed by atoms with Crippen LogP contribution in [-0.2, 0) is 6.54 Å². The maximum absolute atomic E-state index is 12.4. The smallest absolute Gasteiger partial charge is 0.293 e. The van der Waals surface area contributed by atoms with Crippen LogP contribution in [0, 0.1) is 0 Å². The second-order valence-electron chi connectivity index (χ2n) is 4.71. The molecule has 1 amide bonds. The molecule has 0 bridgehead atoms. The molecule has 2 N–H and O–H groups in total. The summed E-state index contributed by atoms with van der Waals surface area (Å²) >= 11 is 1.62. The summed E-state index contributed by atoms with van der Waals surface area (Å²) < 4.78 is 1.56. The lowest BCUT2D eigenvalue weighted by atomic mass is 10.2. The van der Waals surface area contributed by atoms with Gasteiger partial charge in [0.1, 0.15) is 0 Å². The van der Waals surface area contributed by atoms with Crippen molar-refractivity contribution in [2.24, 2.45) is 0 Å². The highest BCUT2D eigenvalue weighted by Crippen LogP contribution is 2.22. The molecule has 0 aliphatic heterocycles. The lowest BCUT2D eigenvalue weighted by Gasteiger charge is -2.08. The minimum Gasteiger partial charge on any atom is -0.345 e. The van der Waals surface area contributed by atoms with Crippen LogP contribution in [0.1, 0.15) is 23.1 Å². The zero-order chi connectivity index (χ0) is 16.2. The van der Waals surface area contributed by atoms with Gasteiger partial charge in [-0.05, 0) is 17.9 Å². The van der Waals surface area contributed by atoms with Crippen LogP contribution in [0.25, 0.3) is 5.65 Å². The molecule has 0 aliphatic rings. The summed E-state index contributed by atoms with van der Waals surface area (Å²) in [6.45, 7) is 2.23. The molecule has 0 fully saturated rings. The first-order chi connectivity index (χ1) is 11.2. The van der Waals surface area contributed by atoms with E-state index in [1.165, 1.54) is 6.20 Å². The predicted octanol–water partition coefficient (Wildman–Crippen LogP) is 1.46. The van der Waals surface area contributed by atoms with Gasteiger partial charge in [0.25, 0.3) is 11.5 Å². The molecular formula is C15H15N5O2S. The SMILES string of the molecule is CCSc1ccccc1C(=O)NCc1nnc2c(=O)[nH]ccn12. The molecule has 0 spiro atoms. The molecule has 0 unspecified atom stereocenters. The fourth-order valence-corrected chi connectivity index (χ4v) is 3.00. The predicted molar refractivity (Wildman–Crippen MR) is 87.6 cm³/mol. The number of thioether (sulfide) groups is 1. The molecule has 0 atom stereocenters. The first kappa shape index (κ1) is 15.3. The van der Waals surface area contributed by atoms with Crippen LogP contribution in [0.3, 0.4) is 0 Å². The number of benzene rings is 1. The van der Waals surface area contributed by atoms with E-state index in [2.05, 4.69) is 20.5 Å². The maximum Gasteiger partial charge on any atom is 0.293 e. The average Bonchev–Trinajstić information content (AvgIpc) is 2.98. The number of carbonyl (C=O) groups is 1. The van der Waals surface area contributed by atoms with Gasteiger partial charge in [0.2, 0.25) is 5.65 Å². The van der Waals surface area contributed by atoms with Crippen LogP contribution < -0.4 is 10.9 Å². The van der Waals surface area contributed by atoms with Gasteiger partial charge in [-0.3, -0.25) is 14.0 Å². The second kappa shape index (κ2) is 6.66. The molecule has 0 radical (unpaired) electrons. The average molecular weight is 329 g/mol. The number of aromatic amines is 1. The second-order valence-corrected chi connectivity index (χ2v) is 6.02. The van der Waals surface area contributed by atoms with Crippen molar-refractivity contribution in [2.75, 3.05) is 5.75 Å². The van der Waals surface area contributed by atoms with E-state index in [0.717, 1.165) is 10.6 Å². The first-order valence-corrected chi connectivity index (χ1v) is 8.10. The van der Waals surface area contributed by atoms with Gasteiger partial charge in [0.15, 0.2) is 5.82 Å². The number of nitrogens with zero attached hydrogens (tertiary/aromatic N) is 3. The summed E-state index contributed by atoms with van der Waals surface area (Å²) in [4.78, 5) is 27.5. The van der Waals surface area contributed by atoms with Crippen LogP contribution in [0.4, 0.5) is 0 Å². The van der Waals surface area contributed by atoms with Crippen LogP contribution in [0.5, 0.6) is 0 Å². The van der Waals surface area contributed by atoms with Crippen LogP contribution in [-0.4, -0.2) is 31.2 Å². The molecule has 8 heteroatoms. The van der Waals surface area contributed by atoms with Crippen molar-refractivity contribution in [1.82, 2.24) is 24.9 Å². The Morgan fingerprint density at radius 3 is 3.00 bits per heavy atom. The van der Waals surface area contributed by atoms with Crippen molar-refractivity contribution < 1.29 is 4.79 Å². The number of rotatable bonds is 5. The zero-order valence-electron chi connectivity index (χ0n) is 12.4. The number of fused-ring (bicyclic) bond motifs is 1. The van der Waals surface area contributed by atoms with Crippen molar-refractivity contribution in [2.45, 2.75) is 18.4 Å². The Labute approximate surface area is 136 Å². The standard InChI is InChI=1S/C15H15N5O2S/c1-2-23-11-6-4-3-5-10(11)14(21)17-9-12-18-19-13-15(22)16-7-8-20(12)13/h3-8H,2,9H2,1H3,(H,16,22)(H,17,21). The molecule has 3 aromatic rings. The van der Waals surface area contributed by atoms with E-state index < -0.39 is 0 Å². The lowest BCUT2D eigenvalue weighted by Crippen LogP contribution is -2.24. The number of amides is 1. The Morgan fingerprint density at radius 1 is 1.35 bits per heavy atom. The fourth-order valence-electron chi connectivity index (χ4n) is 2.20. The van der Waals surface area contributed by atoms with E-state index >= 15 is 0 Å². The van der Waals surface area contributed by atoms with Crippen molar-refractivity contribution >= 4 is 23.3 Å². The molecule has 23 heavy (non-hydrogen) atoms. The molecule has 3 rings (SSSR count). The highest BCUT2D eigenvalue weighted by molar-refractivity contribution is 7.99. The third-order valence-electron chi connectivity index (χ3n) is 3.25. The third-order valence-corrected chi connectivity index (χ3v) is 4.20. The molecule has 7 nitrogen and oxygen atoms in total. The topological polar surface area (TPSA) is 92.2 Å². The van der Waals surface area contributed by atoms with Crippen molar-refractivity contribution in [3.05, 3.63) is 58.4 Å². The third kappa shape index (κ3) is 3.11. The summed E-state index contributed by atoms with van der Waals surface area (Å²) in [5.41, 5.74) is 0.520. The van der Waals surface area contributed by atoms with Crippen LogP contribution in [0.15, 0.2) is 46.3 Å². The fraction of sp³-hybridized carbons (Fsp3) is 0.200. The van der Waals surface area contributed by atoms with Crippen LogP contribution in [0.2, 0.25) is 0 Å². The highest BCUT2D eigenvalue weighted by atomic mass is 32.2. The molecule has 1 aromatic carbocycles. The molecule has 0 saturated heterocycles. The number of hydrogen-bond donors (Lipinski definition) is 2. The molecule has 0 aliphatic carbocycles. The molecule has 0 saturated carbocycles. The molecule has 2 aromatic heterocycles. The minimum atomic E-state index is -0.317. The number of aromatic nitrogens is 4. The van der Waals surface area contributed by atoms with E-state index in [-0.39, 0.29) is 23.7 Å². The number of hydrogen-bond acceptors (Lipinski definition) is 5. The van der Waals surface area contributed by atoms with E-state index in [9.17, 15) is 9.59 Å². The Balaban J connectivity index is 1.79. The normalized spacial score (nSPS) is 10.8. The summed E-state index contributed by atoms with van der Waals surface area (Å²) in [5.74, 6) is 1.21. The molecule has 2 heterocycles. The minimum absolute atomic E-state index is 0.178. The molecular weight excluding hydrogens is 314 g/mol. The quantitative estimate of drug-likeness (QED) is 0.691. The van der Waals surface area contributed by atoms with E-state index in [4.69, 9.17) is 0 Å². The van der Waals surface area contributed by atoms with Crippen molar-refractivity contribution in [3.8, 4) is 0 Å². The summed E-state index contributed by atoms with van der Waals surface area (Å²) in [5, 5.41) is 10.6. The van der Waals surface area contributed by atoms with Crippen LogP contribution >= 0.6 is 11.8 Å². The Bertz CT molecular complexity index is 902. The number of H-pyrrole nitrogens is 1. The Morgan fingerprint density at radius 2 is 2.17 bits per heavy atom. The summed E-state index contributed by atoms with van der Waals surface area (Å²) in [7, 11) is 0. The van der Waals surface area contributed by atoms with Gasteiger partial charge < -0.3 is 10.3 Å². The van der Waals surface area contributed by atoms with E-state index in [0.29, 0.717) is 11.4 Å². The Kier molecular flexibility index (Phi) is 4.42. The first-order valence-electron chi connectivity index (χ1n) is 7.12. The largest absolute Gasteiger partial charge is 0.345 e. The van der Waals surface area contributed by atoms with Gasteiger partial charge in [-0.2, -0.15) is 0 Å². The van der Waals surface area contributed by atoms with Gasteiger partial charge in [0, 0.05) is 17.3 Å². The highest BCUT2D eigenvalue weighted by Gasteiger charge is 2.13. The maximum atomic E-state index is 12.4. The summed E-state index contributed by atoms with van der Waals surface area (Å²) in [6, 6.07) is 7.46. The lowest BCUT2D eigenvalue weighted by molar-refractivity contribution is 0.0947. The number of nitrogens with one attached hydrogen (secondary N) is 2. The van der Waals surface area contributed by atoms with Crippen molar-refractivity contribution in [1.29, 1.82) is 0 Å². The van der Waals surface area contributed by atoms with Gasteiger partial charge >= 0.3 is 0 Å². The summed E-state index contributed by atoms with van der Waals surface area (Å²) in [6.07, 6.45) is 3.16. The molecule has 118 valence electrons. The Hall–Kier alpha value is -2.61. The van der Waals surface area contributed by atoms with Gasteiger partial charge in [-0.15, -0.1) is 22.0 Å². The van der Waals surface area contributed by atoms with Gasteiger partial charge in [-0.25, -0.2) is 0 Å². The van der Waals surface area contributed by atoms with Gasteiger partial charge in [-0.1, -0.05) is 19.1 Å². The van der Waals surface area contributed by atoms with E-state index in [1.807, 2.05) is 25.1 Å². The zero-order valence-corrected chi connectivity index (χ0v) is 13.3. The van der Waals surface area contributed by atoms with E-state index in [1.54, 1.807) is 28.4 Å². The van der Waals surface area contributed by atoms with Crippen molar-refractivity contribution in [3.63, 3.8) is 0 Å². The monoisotopic (exact) mass is 329 g/mol.